The number of carbonyl (C=O) groups is 4. The zero-order valence-corrected chi connectivity index (χ0v) is 27.3. The van der Waals surface area contributed by atoms with Gasteiger partial charge in [-0.3, -0.25) is 24.1 Å². The van der Waals surface area contributed by atoms with E-state index >= 15 is 0 Å². The number of rotatable bonds is 16. The van der Waals surface area contributed by atoms with Gasteiger partial charge in [0.15, 0.2) is 0 Å². The molecule has 7 atom stereocenters. The van der Waals surface area contributed by atoms with Crippen LogP contribution >= 0.6 is 0 Å². The second-order valence-electron chi connectivity index (χ2n) is 12.8. The van der Waals surface area contributed by atoms with Crippen LogP contribution in [0.15, 0.2) is 55.6 Å². The van der Waals surface area contributed by atoms with E-state index in [9.17, 15) is 24.3 Å². The second-order valence-corrected chi connectivity index (χ2v) is 12.8. The standard InChI is InChI=1S/C35H48N4O8/c1-4-6-12-27(41)36-24(3)30(25-10-8-7-9-11-25)46-34(44)28-26-13-14-35(47-26)29(28)32(42)39(18-21-40)31(35)33(43)38(15-5-2)17-16-37-19-22-45-23-20-37/h4-5,7-11,24,26,28-31,40H,1-2,6,12-23H2,3H3,(H,36,41)/t24-,26-,28+,29+,30-,31-,35+/m0/s1. The fraction of sp³-hybridized carbons (Fsp3) is 0.600. The van der Waals surface area contributed by atoms with Gasteiger partial charge in [0.05, 0.1) is 43.8 Å². The van der Waals surface area contributed by atoms with Crippen molar-refractivity contribution < 1.29 is 38.5 Å². The molecule has 3 amide bonds. The molecule has 2 N–H and O–H groups in total. The maximum atomic E-state index is 14.4. The van der Waals surface area contributed by atoms with E-state index in [0.717, 1.165) is 13.1 Å². The molecule has 256 valence electrons. The first-order valence-electron chi connectivity index (χ1n) is 16.7. The molecule has 1 aromatic rings. The number of nitrogens with zero attached hydrogens (tertiary/aromatic N) is 3. The molecule has 2 bridgehead atoms. The molecule has 4 fully saturated rings. The highest BCUT2D eigenvalue weighted by atomic mass is 16.6. The number of likely N-dealkylation sites (tertiary alicyclic amines) is 1. The van der Waals surface area contributed by atoms with Crippen LogP contribution in [0.3, 0.4) is 0 Å². The van der Waals surface area contributed by atoms with Crippen molar-refractivity contribution in [3.63, 3.8) is 0 Å². The summed E-state index contributed by atoms with van der Waals surface area (Å²) >= 11 is 0. The number of hydrogen-bond acceptors (Lipinski definition) is 9. The summed E-state index contributed by atoms with van der Waals surface area (Å²) in [7, 11) is 0. The molecule has 4 saturated heterocycles. The van der Waals surface area contributed by atoms with Crippen molar-refractivity contribution in [3.8, 4) is 0 Å². The van der Waals surface area contributed by atoms with Gasteiger partial charge in [-0.25, -0.2) is 0 Å². The minimum atomic E-state index is -1.22. The molecule has 0 aliphatic carbocycles. The third kappa shape index (κ3) is 7.15. The van der Waals surface area contributed by atoms with Crippen molar-refractivity contribution in [1.82, 2.24) is 20.0 Å². The smallest absolute Gasteiger partial charge is 0.313 e. The molecule has 47 heavy (non-hydrogen) atoms. The molecule has 4 aliphatic rings. The van der Waals surface area contributed by atoms with E-state index in [1.54, 1.807) is 24.0 Å². The number of carbonyl (C=O) groups excluding carboxylic acids is 4. The number of aliphatic hydroxyl groups is 1. The third-order valence-electron chi connectivity index (χ3n) is 9.89. The van der Waals surface area contributed by atoms with E-state index < -0.39 is 53.6 Å². The Hall–Kier alpha value is -3.58. The maximum Gasteiger partial charge on any atom is 0.313 e. The van der Waals surface area contributed by atoms with Crippen molar-refractivity contribution in [2.75, 3.05) is 59.1 Å². The Kier molecular flexibility index (Phi) is 11.5. The maximum absolute atomic E-state index is 14.4. The van der Waals surface area contributed by atoms with Gasteiger partial charge in [0.2, 0.25) is 17.7 Å². The van der Waals surface area contributed by atoms with E-state index in [1.807, 2.05) is 30.3 Å². The fourth-order valence-corrected chi connectivity index (χ4v) is 7.70. The summed E-state index contributed by atoms with van der Waals surface area (Å²) in [6, 6.07) is 7.60. The molecule has 5 rings (SSSR count). The lowest BCUT2D eigenvalue weighted by molar-refractivity contribution is -0.162. The number of hydrogen-bond donors (Lipinski definition) is 2. The summed E-state index contributed by atoms with van der Waals surface area (Å²) in [5.74, 6) is -3.35. The predicted octanol–water partition coefficient (Wildman–Crippen LogP) is 1.46. The molecule has 4 aliphatic heterocycles. The quantitative estimate of drug-likeness (QED) is 0.201. The van der Waals surface area contributed by atoms with Gasteiger partial charge < -0.3 is 34.4 Å². The summed E-state index contributed by atoms with van der Waals surface area (Å²) < 4.78 is 18.2. The van der Waals surface area contributed by atoms with Crippen LogP contribution in [0, 0.1) is 11.8 Å². The van der Waals surface area contributed by atoms with Crippen LogP contribution in [0.25, 0.3) is 0 Å². The van der Waals surface area contributed by atoms with Crippen LogP contribution in [0.4, 0.5) is 0 Å². The zero-order valence-electron chi connectivity index (χ0n) is 27.3. The van der Waals surface area contributed by atoms with Gasteiger partial charge in [-0.05, 0) is 31.7 Å². The van der Waals surface area contributed by atoms with Crippen LogP contribution < -0.4 is 5.32 Å². The number of fused-ring (bicyclic) bond motifs is 1. The number of esters is 1. The van der Waals surface area contributed by atoms with Crippen LogP contribution in [-0.4, -0.2) is 126 Å². The highest BCUT2D eigenvalue weighted by Gasteiger charge is 2.75. The van der Waals surface area contributed by atoms with Gasteiger partial charge in [-0.1, -0.05) is 42.5 Å². The van der Waals surface area contributed by atoms with Crippen LogP contribution in [-0.2, 0) is 33.4 Å². The molecule has 0 saturated carbocycles. The summed E-state index contributed by atoms with van der Waals surface area (Å²) in [5.41, 5.74) is -0.521. The molecule has 12 heteroatoms. The average molecular weight is 653 g/mol. The Morgan fingerprint density at radius 2 is 1.91 bits per heavy atom. The molecular weight excluding hydrogens is 604 g/mol. The first-order valence-corrected chi connectivity index (χ1v) is 16.7. The first-order chi connectivity index (χ1) is 22.7. The normalized spacial score (nSPS) is 28.0. The predicted molar refractivity (Wildman–Crippen MR) is 173 cm³/mol. The monoisotopic (exact) mass is 652 g/mol. The summed E-state index contributed by atoms with van der Waals surface area (Å²) in [5, 5.41) is 12.9. The lowest BCUT2D eigenvalue weighted by Crippen LogP contribution is -2.57. The summed E-state index contributed by atoms with van der Waals surface area (Å²) in [6.07, 6.45) is 3.60. The number of ether oxygens (including phenoxy) is 3. The first kappa shape index (κ1) is 34.7. The van der Waals surface area contributed by atoms with Crippen LogP contribution in [0.2, 0.25) is 0 Å². The number of morpholine rings is 1. The third-order valence-corrected chi connectivity index (χ3v) is 9.89. The van der Waals surface area contributed by atoms with Gasteiger partial charge in [0.25, 0.3) is 0 Å². The van der Waals surface area contributed by atoms with Crippen LogP contribution in [0.1, 0.15) is 44.3 Å². The summed E-state index contributed by atoms with van der Waals surface area (Å²) in [4.78, 5) is 60.6. The van der Waals surface area contributed by atoms with Crippen molar-refractivity contribution in [1.29, 1.82) is 0 Å². The minimum absolute atomic E-state index is 0.0604. The van der Waals surface area contributed by atoms with Gasteiger partial charge in [0.1, 0.15) is 17.7 Å². The molecule has 12 nitrogen and oxygen atoms in total. The van der Waals surface area contributed by atoms with E-state index in [1.165, 1.54) is 4.90 Å². The van der Waals surface area contributed by atoms with Gasteiger partial charge in [-0.2, -0.15) is 0 Å². The number of aliphatic hydroxyl groups excluding tert-OH is 1. The lowest BCUT2D eigenvalue weighted by atomic mass is 9.70. The Bertz CT molecular complexity index is 1300. The Morgan fingerprint density at radius 3 is 2.60 bits per heavy atom. The number of amides is 3. The number of benzene rings is 1. The highest BCUT2D eigenvalue weighted by molar-refractivity contribution is 5.98. The molecule has 0 radical (unpaired) electrons. The zero-order chi connectivity index (χ0) is 33.6. The Morgan fingerprint density at radius 1 is 1.17 bits per heavy atom. The summed E-state index contributed by atoms with van der Waals surface area (Å²) in [6.45, 7) is 13.1. The van der Waals surface area contributed by atoms with Crippen molar-refractivity contribution >= 4 is 23.7 Å². The van der Waals surface area contributed by atoms with Crippen molar-refractivity contribution in [2.45, 2.75) is 62.5 Å². The topological polar surface area (TPSA) is 138 Å². The van der Waals surface area contributed by atoms with E-state index in [-0.39, 0.29) is 37.9 Å². The van der Waals surface area contributed by atoms with Gasteiger partial charge in [0, 0.05) is 45.7 Å². The molecule has 1 aromatic carbocycles. The van der Waals surface area contributed by atoms with Crippen molar-refractivity contribution in [3.05, 3.63) is 61.2 Å². The highest BCUT2D eigenvalue weighted by Crippen LogP contribution is 2.59. The van der Waals surface area contributed by atoms with E-state index in [4.69, 9.17) is 14.2 Å². The number of allylic oxidation sites excluding steroid dienone is 1. The Balaban J connectivity index is 1.39. The van der Waals surface area contributed by atoms with Gasteiger partial charge in [-0.15, -0.1) is 13.2 Å². The van der Waals surface area contributed by atoms with Crippen molar-refractivity contribution in [2.24, 2.45) is 11.8 Å². The number of nitrogens with one attached hydrogen (secondary N) is 1. The molecular formula is C35H48N4O8. The SMILES string of the molecule is C=CCCC(=O)N[C@@H](C)[C@H](OC(=O)[C@@H]1[C@@H]2CC[C@]3(O2)[C@H](C(=O)N(CC=C)CCN2CCOCC2)N(CCO)C(=O)[C@@H]13)c1ccccc1. The lowest BCUT2D eigenvalue weighted by Gasteiger charge is -2.37. The largest absolute Gasteiger partial charge is 0.455 e. The number of β-amino-alcohol motifs (C(OH)–C–C–N with tert-alkyl or cyclic N) is 1. The molecule has 0 aromatic heterocycles. The second kappa shape index (κ2) is 15.5. The van der Waals surface area contributed by atoms with Crippen LogP contribution in [0.5, 0.6) is 0 Å². The van der Waals surface area contributed by atoms with Gasteiger partial charge >= 0.3 is 5.97 Å². The fourth-order valence-electron chi connectivity index (χ4n) is 7.70. The average Bonchev–Trinajstić information content (AvgIpc) is 3.72. The molecule has 0 unspecified atom stereocenters. The molecule has 1 spiro atoms. The van der Waals surface area contributed by atoms with E-state index in [2.05, 4.69) is 23.4 Å². The molecule has 4 heterocycles. The van der Waals surface area contributed by atoms with E-state index in [0.29, 0.717) is 51.1 Å². The Labute approximate surface area is 276 Å². The minimum Gasteiger partial charge on any atom is -0.455 e.